The monoisotopic (exact) mass is 150 g/mol. The number of hydrogen-bond donors (Lipinski definition) is 1. The van der Waals surface area contributed by atoms with Crippen molar-refractivity contribution >= 4 is 6.21 Å². The van der Waals surface area contributed by atoms with Crippen molar-refractivity contribution in [1.82, 2.24) is 5.32 Å². The van der Waals surface area contributed by atoms with Gasteiger partial charge >= 0.3 is 0 Å². The van der Waals surface area contributed by atoms with Crippen LogP contribution < -0.4 is 5.32 Å². The highest BCUT2D eigenvalue weighted by Crippen LogP contribution is 2.11. The molecule has 2 heteroatoms. The molecule has 0 aliphatic carbocycles. The molecule has 0 amide bonds. The summed E-state index contributed by atoms with van der Waals surface area (Å²) in [6, 6.07) is 0. The first kappa shape index (κ1) is 8.05. The van der Waals surface area contributed by atoms with Gasteiger partial charge in [0.15, 0.2) is 0 Å². The molecule has 0 saturated carbocycles. The lowest BCUT2D eigenvalue weighted by atomic mass is 10.1. The summed E-state index contributed by atoms with van der Waals surface area (Å²) < 4.78 is 0. The van der Waals surface area contributed by atoms with Crippen molar-refractivity contribution in [3.8, 4) is 0 Å². The van der Waals surface area contributed by atoms with Gasteiger partial charge in [-0.3, -0.25) is 0 Å². The van der Waals surface area contributed by atoms with Crippen LogP contribution in [0.2, 0.25) is 0 Å². The summed E-state index contributed by atoms with van der Waals surface area (Å²) in [7, 11) is 1.90. The summed E-state index contributed by atoms with van der Waals surface area (Å²) in [5.74, 6) is 1.01. The van der Waals surface area contributed by atoms with E-state index < -0.39 is 0 Å². The van der Waals surface area contributed by atoms with E-state index in [1.165, 1.54) is 5.57 Å². The van der Waals surface area contributed by atoms with E-state index in [1.807, 2.05) is 19.3 Å². The van der Waals surface area contributed by atoms with Crippen LogP contribution in [0.1, 0.15) is 19.8 Å². The molecule has 0 radical (unpaired) electrons. The number of nitrogens with zero attached hydrogens (tertiary/aromatic N) is 1. The summed E-state index contributed by atoms with van der Waals surface area (Å²) in [6.45, 7) is 2.11. The van der Waals surface area contributed by atoms with Crippen LogP contribution >= 0.6 is 0 Å². The van der Waals surface area contributed by atoms with Gasteiger partial charge in [-0.1, -0.05) is 6.08 Å². The fraction of sp³-hybridized carbons (Fsp3) is 0.444. The Morgan fingerprint density at radius 1 is 1.55 bits per heavy atom. The second-order valence-corrected chi connectivity index (χ2v) is 2.62. The predicted octanol–water partition coefficient (Wildman–Crippen LogP) is 1.86. The summed E-state index contributed by atoms with van der Waals surface area (Å²) >= 11 is 0. The highest BCUT2D eigenvalue weighted by atomic mass is 15.0. The van der Waals surface area contributed by atoms with Crippen LogP contribution in [0.3, 0.4) is 0 Å². The molecular weight excluding hydrogens is 136 g/mol. The maximum absolute atomic E-state index is 4.24. The number of allylic oxidation sites excluding steroid dienone is 3. The van der Waals surface area contributed by atoms with Crippen LogP contribution in [-0.4, -0.2) is 13.3 Å². The number of aliphatic imine (C=N–C) groups is 1. The van der Waals surface area contributed by atoms with Gasteiger partial charge in [-0.05, 0) is 31.4 Å². The van der Waals surface area contributed by atoms with Gasteiger partial charge in [0.05, 0.1) is 0 Å². The third-order valence-corrected chi connectivity index (χ3v) is 1.75. The van der Waals surface area contributed by atoms with Gasteiger partial charge in [0.1, 0.15) is 5.82 Å². The topological polar surface area (TPSA) is 24.4 Å². The number of hydrogen-bond acceptors (Lipinski definition) is 2. The molecule has 0 spiro atoms. The average Bonchev–Trinajstić information content (AvgIpc) is 1.98. The van der Waals surface area contributed by atoms with Crippen molar-refractivity contribution < 1.29 is 0 Å². The SMILES string of the molecule is CNC1=C(C)CC/C=C/C=N1. The average molecular weight is 150 g/mol. The smallest absolute Gasteiger partial charge is 0.124 e. The molecule has 0 aromatic carbocycles. The Bertz CT molecular complexity index is 212. The van der Waals surface area contributed by atoms with Gasteiger partial charge in [-0.2, -0.15) is 0 Å². The molecule has 2 nitrogen and oxygen atoms in total. The van der Waals surface area contributed by atoms with E-state index in [0.29, 0.717) is 0 Å². The van der Waals surface area contributed by atoms with Crippen molar-refractivity contribution in [3.63, 3.8) is 0 Å². The van der Waals surface area contributed by atoms with E-state index in [2.05, 4.69) is 23.3 Å². The Morgan fingerprint density at radius 3 is 3.09 bits per heavy atom. The van der Waals surface area contributed by atoms with Crippen molar-refractivity contribution in [2.75, 3.05) is 7.05 Å². The second-order valence-electron chi connectivity index (χ2n) is 2.62. The van der Waals surface area contributed by atoms with E-state index in [9.17, 15) is 0 Å². The van der Waals surface area contributed by atoms with Crippen LogP contribution in [0.4, 0.5) is 0 Å². The Kier molecular flexibility index (Phi) is 2.90. The minimum atomic E-state index is 1.01. The lowest BCUT2D eigenvalue weighted by Crippen LogP contribution is -2.06. The highest BCUT2D eigenvalue weighted by Gasteiger charge is 1.97. The van der Waals surface area contributed by atoms with Gasteiger partial charge < -0.3 is 5.32 Å². The Labute approximate surface area is 67.7 Å². The molecule has 0 atom stereocenters. The maximum Gasteiger partial charge on any atom is 0.124 e. The lowest BCUT2D eigenvalue weighted by molar-refractivity contribution is 0.870. The van der Waals surface area contributed by atoms with Crippen LogP contribution in [0.15, 0.2) is 28.5 Å². The lowest BCUT2D eigenvalue weighted by Gasteiger charge is -2.06. The molecule has 0 aromatic rings. The van der Waals surface area contributed by atoms with Gasteiger partial charge in [-0.15, -0.1) is 0 Å². The molecule has 0 saturated heterocycles. The zero-order chi connectivity index (χ0) is 8.10. The summed E-state index contributed by atoms with van der Waals surface area (Å²) in [5, 5.41) is 3.07. The predicted molar refractivity (Wildman–Crippen MR) is 48.6 cm³/mol. The quantitative estimate of drug-likeness (QED) is 0.606. The molecule has 0 bridgehead atoms. The van der Waals surface area contributed by atoms with Gasteiger partial charge in [-0.25, -0.2) is 4.99 Å². The Morgan fingerprint density at radius 2 is 2.36 bits per heavy atom. The van der Waals surface area contributed by atoms with E-state index in [4.69, 9.17) is 0 Å². The van der Waals surface area contributed by atoms with Crippen molar-refractivity contribution in [3.05, 3.63) is 23.5 Å². The first-order valence-electron chi connectivity index (χ1n) is 3.91. The third kappa shape index (κ3) is 2.22. The zero-order valence-corrected chi connectivity index (χ0v) is 7.09. The van der Waals surface area contributed by atoms with Crippen LogP contribution in [0, 0.1) is 0 Å². The zero-order valence-electron chi connectivity index (χ0n) is 7.09. The number of rotatable bonds is 1. The minimum absolute atomic E-state index is 1.01. The van der Waals surface area contributed by atoms with Gasteiger partial charge in [0.25, 0.3) is 0 Å². The molecule has 1 rings (SSSR count). The van der Waals surface area contributed by atoms with Crippen LogP contribution in [0.25, 0.3) is 0 Å². The fourth-order valence-corrected chi connectivity index (χ4v) is 1.08. The first-order valence-corrected chi connectivity index (χ1v) is 3.91. The maximum atomic E-state index is 4.24. The molecule has 1 heterocycles. The largest absolute Gasteiger partial charge is 0.373 e. The van der Waals surface area contributed by atoms with E-state index in [1.54, 1.807) is 0 Å². The fourth-order valence-electron chi connectivity index (χ4n) is 1.08. The summed E-state index contributed by atoms with van der Waals surface area (Å²) in [5.41, 5.74) is 1.33. The van der Waals surface area contributed by atoms with Crippen molar-refractivity contribution in [2.45, 2.75) is 19.8 Å². The molecule has 1 aliphatic heterocycles. The summed E-state index contributed by atoms with van der Waals surface area (Å²) in [6.07, 6.45) is 8.17. The van der Waals surface area contributed by atoms with Crippen LogP contribution in [-0.2, 0) is 0 Å². The minimum Gasteiger partial charge on any atom is -0.373 e. The number of nitrogens with one attached hydrogen (secondary N) is 1. The summed E-state index contributed by atoms with van der Waals surface area (Å²) in [4.78, 5) is 4.24. The molecule has 0 aromatic heterocycles. The van der Waals surface area contributed by atoms with E-state index in [0.717, 1.165) is 18.7 Å². The van der Waals surface area contributed by atoms with Crippen molar-refractivity contribution in [2.24, 2.45) is 4.99 Å². The molecule has 0 unspecified atom stereocenters. The Balaban J connectivity index is 2.80. The van der Waals surface area contributed by atoms with Crippen LogP contribution in [0.5, 0.6) is 0 Å². The molecule has 1 aliphatic rings. The first-order chi connectivity index (χ1) is 5.34. The van der Waals surface area contributed by atoms with Gasteiger partial charge in [0.2, 0.25) is 0 Å². The third-order valence-electron chi connectivity index (χ3n) is 1.75. The molecule has 0 fully saturated rings. The van der Waals surface area contributed by atoms with Crippen molar-refractivity contribution in [1.29, 1.82) is 0 Å². The van der Waals surface area contributed by atoms with E-state index >= 15 is 0 Å². The second kappa shape index (κ2) is 3.96. The Hall–Kier alpha value is -1.05. The molecular formula is C9H14N2. The molecule has 11 heavy (non-hydrogen) atoms. The normalized spacial score (nSPS) is 20.9. The molecule has 1 N–H and O–H groups in total. The van der Waals surface area contributed by atoms with E-state index in [-0.39, 0.29) is 0 Å². The van der Waals surface area contributed by atoms with Gasteiger partial charge in [0, 0.05) is 13.3 Å². The molecule has 60 valence electrons. The highest BCUT2D eigenvalue weighted by molar-refractivity contribution is 5.72. The standard InChI is InChI=1S/C9H14N2/c1-8-6-4-3-5-7-11-9(8)10-2/h3,5,7,10H,4,6H2,1-2H3/b5-3+,9-8?,11-7?.